The minimum absolute atomic E-state index is 0.00112. The van der Waals surface area contributed by atoms with Crippen LogP contribution in [0.1, 0.15) is 42.4 Å². The van der Waals surface area contributed by atoms with Gasteiger partial charge in [-0.3, -0.25) is 4.79 Å². The number of aryl methyl sites for hydroxylation is 2. The number of nitrogens with two attached hydrogens (primary N) is 1. The van der Waals surface area contributed by atoms with E-state index in [0.29, 0.717) is 19.4 Å². The largest absolute Gasteiger partial charge is 0.493 e. The molecule has 0 aliphatic heterocycles. The number of aliphatic carboxylic acids is 1. The summed E-state index contributed by atoms with van der Waals surface area (Å²) in [7, 11) is 0. The van der Waals surface area contributed by atoms with Crippen LogP contribution in [0.2, 0.25) is 0 Å². The summed E-state index contributed by atoms with van der Waals surface area (Å²) in [6.45, 7) is 6.68. The van der Waals surface area contributed by atoms with Crippen LogP contribution in [-0.4, -0.2) is 23.2 Å². The third-order valence-electron chi connectivity index (χ3n) is 4.76. The van der Waals surface area contributed by atoms with Crippen molar-refractivity contribution in [2.75, 3.05) is 6.61 Å². The predicted octanol–water partition coefficient (Wildman–Crippen LogP) is 2.96. The molecule has 1 fully saturated rings. The molecule has 0 bridgehead atoms. The second-order valence-corrected chi connectivity index (χ2v) is 6.28. The average molecular weight is 291 g/mol. The molecule has 0 spiro atoms. The van der Waals surface area contributed by atoms with Gasteiger partial charge in [-0.1, -0.05) is 12.5 Å². The summed E-state index contributed by atoms with van der Waals surface area (Å²) in [6.07, 6.45) is 3.01. The minimum Gasteiger partial charge on any atom is -0.493 e. The van der Waals surface area contributed by atoms with Crippen molar-refractivity contribution in [3.63, 3.8) is 0 Å². The van der Waals surface area contributed by atoms with Crippen molar-refractivity contribution < 1.29 is 14.6 Å². The SMILES string of the molecule is Cc1cc(C)c(C)c(OCCC2CCCC2(N)C(=O)O)c1. The Morgan fingerprint density at radius 3 is 2.81 bits per heavy atom. The summed E-state index contributed by atoms with van der Waals surface area (Å²) in [6, 6.07) is 4.17. The molecule has 0 aromatic heterocycles. The Bertz CT molecular complexity index is 541. The number of rotatable bonds is 5. The molecule has 0 radical (unpaired) electrons. The van der Waals surface area contributed by atoms with Gasteiger partial charge in [-0.25, -0.2) is 0 Å². The van der Waals surface area contributed by atoms with Crippen molar-refractivity contribution in [2.45, 2.75) is 52.0 Å². The molecule has 0 saturated heterocycles. The Morgan fingerprint density at radius 1 is 1.43 bits per heavy atom. The van der Waals surface area contributed by atoms with Gasteiger partial charge in [0.05, 0.1) is 6.61 Å². The van der Waals surface area contributed by atoms with Crippen LogP contribution in [0, 0.1) is 26.7 Å². The number of ether oxygens (including phenoxy) is 1. The molecule has 4 heteroatoms. The molecule has 1 aromatic rings. The molecule has 3 N–H and O–H groups in total. The standard InChI is InChI=1S/C17H25NO3/c1-11-9-12(2)13(3)15(10-11)21-8-6-14-5-4-7-17(14,18)16(19)20/h9-10,14H,4-8,18H2,1-3H3,(H,19,20). The first-order chi connectivity index (χ1) is 9.84. The Hall–Kier alpha value is -1.55. The lowest BCUT2D eigenvalue weighted by atomic mass is 9.86. The van der Waals surface area contributed by atoms with Crippen molar-refractivity contribution >= 4 is 5.97 Å². The van der Waals surface area contributed by atoms with Gasteiger partial charge in [0.2, 0.25) is 0 Å². The molecule has 2 unspecified atom stereocenters. The molecule has 1 aliphatic carbocycles. The fourth-order valence-electron chi connectivity index (χ4n) is 3.25. The molecule has 4 nitrogen and oxygen atoms in total. The van der Waals surface area contributed by atoms with Crippen LogP contribution in [0.4, 0.5) is 0 Å². The van der Waals surface area contributed by atoms with Crippen LogP contribution >= 0.6 is 0 Å². The lowest BCUT2D eigenvalue weighted by molar-refractivity contribution is -0.144. The number of hydrogen-bond acceptors (Lipinski definition) is 3. The first-order valence-corrected chi connectivity index (χ1v) is 7.57. The highest BCUT2D eigenvalue weighted by Crippen LogP contribution is 2.36. The Kier molecular flexibility index (Phi) is 4.57. The van der Waals surface area contributed by atoms with Gasteiger partial charge in [-0.05, 0) is 68.7 Å². The Balaban J connectivity index is 1.97. The van der Waals surface area contributed by atoms with Crippen LogP contribution in [0.5, 0.6) is 5.75 Å². The third-order valence-corrected chi connectivity index (χ3v) is 4.76. The molecule has 1 aromatic carbocycles. The normalized spacial score (nSPS) is 25.0. The molecule has 21 heavy (non-hydrogen) atoms. The summed E-state index contributed by atoms with van der Waals surface area (Å²) >= 11 is 0. The topological polar surface area (TPSA) is 72.5 Å². The molecular weight excluding hydrogens is 266 g/mol. The van der Waals surface area contributed by atoms with Gasteiger partial charge in [0.1, 0.15) is 11.3 Å². The number of benzene rings is 1. The van der Waals surface area contributed by atoms with Gasteiger partial charge in [0, 0.05) is 0 Å². The summed E-state index contributed by atoms with van der Waals surface area (Å²) in [5.41, 5.74) is 8.51. The van der Waals surface area contributed by atoms with Crippen LogP contribution in [0.25, 0.3) is 0 Å². The van der Waals surface area contributed by atoms with Crippen molar-refractivity contribution in [1.29, 1.82) is 0 Å². The maximum absolute atomic E-state index is 11.3. The molecule has 0 heterocycles. The monoisotopic (exact) mass is 291 g/mol. The first kappa shape index (κ1) is 15.8. The third kappa shape index (κ3) is 3.21. The van der Waals surface area contributed by atoms with Gasteiger partial charge in [-0.2, -0.15) is 0 Å². The highest BCUT2D eigenvalue weighted by molar-refractivity contribution is 5.79. The van der Waals surface area contributed by atoms with Crippen molar-refractivity contribution in [3.8, 4) is 5.75 Å². The van der Waals surface area contributed by atoms with Crippen molar-refractivity contribution in [3.05, 3.63) is 28.8 Å². The molecule has 2 rings (SSSR count). The van der Waals surface area contributed by atoms with Crippen molar-refractivity contribution in [2.24, 2.45) is 11.7 Å². The van der Waals surface area contributed by atoms with E-state index in [1.54, 1.807) is 0 Å². The summed E-state index contributed by atoms with van der Waals surface area (Å²) in [4.78, 5) is 11.3. The van der Waals surface area contributed by atoms with Gasteiger partial charge < -0.3 is 15.6 Å². The van der Waals surface area contributed by atoms with E-state index < -0.39 is 11.5 Å². The summed E-state index contributed by atoms with van der Waals surface area (Å²) in [5, 5.41) is 9.31. The lowest BCUT2D eigenvalue weighted by Gasteiger charge is -2.26. The number of carbonyl (C=O) groups is 1. The fraction of sp³-hybridized carbons (Fsp3) is 0.588. The van der Waals surface area contributed by atoms with Gasteiger partial charge in [-0.15, -0.1) is 0 Å². The second kappa shape index (κ2) is 6.06. The number of carboxylic acid groups (broad SMARTS) is 1. The minimum atomic E-state index is -1.07. The van der Waals surface area contributed by atoms with E-state index in [-0.39, 0.29) is 5.92 Å². The number of carboxylic acids is 1. The van der Waals surface area contributed by atoms with Gasteiger partial charge >= 0.3 is 5.97 Å². The molecule has 0 amide bonds. The van der Waals surface area contributed by atoms with E-state index in [4.69, 9.17) is 10.5 Å². The smallest absolute Gasteiger partial charge is 0.323 e. The molecule has 1 saturated carbocycles. The van der Waals surface area contributed by atoms with E-state index in [0.717, 1.165) is 24.2 Å². The van der Waals surface area contributed by atoms with Crippen molar-refractivity contribution in [1.82, 2.24) is 0 Å². The summed E-state index contributed by atoms with van der Waals surface area (Å²) in [5.74, 6) is 0.0113. The highest BCUT2D eigenvalue weighted by atomic mass is 16.5. The zero-order valence-electron chi connectivity index (χ0n) is 13.1. The summed E-state index contributed by atoms with van der Waals surface area (Å²) < 4.78 is 5.88. The first-order valence-electron chi connectivity index (χ1n) is 7.57. The zero-order chi connectivity index (χ0) is 15.6. The second-order valence-electron chi connectivity index (χ2n) is 6.28. The zero-order valence-corrected chi connectivity index (χ0v) is 13.1. The number of hydrogen-bond donors (Lipinski definition) is 2. The lowest BCUT2D eigenvalue weighted by Crippen LogP contribution is -2.51. The van der Waals surface area contributed by atoms with Gasteiger partial charge in [0.25, 0.3) is 0 Å². The van der Waals surface area contributed by atoms with E-state index in [1.807, 2.05) is 19.9 Å². The van der Waals surface area contributed by atoms with Crippen LogP contribution in [0.3, 0.4) is 0 Å². The van der Waals surface area contributed by atoms with E-state index in [9.17, 15) is 9.90 Å². The van der Waals surface area contributed by atoms with E-state index in [2.05, 4.69) is 13.0 Å². The molecule has 116 valence electrons. The predicted molar refractivity (Wildman–Crippen MR) is 82.7 cm³/mol. The maximum atomic E-state index is 11.3. The fourth-order valence-corrected chi connectivity index (χ4v) is 3.25. The Morgan fingerprint density at radius 2 is 2.14 bits per heavy atom. The van der Waals surface area contributed by atoms with Crippen LogP contribution in [-0.2, 0) is 4.79 Å². The van der Waals surface area contributed by atoms with E-state index >= 15 is 0 Å². The van der Waals surface area contributed by atoms with E-state index in [1.165, 1.54) is 11.1 Å². The van der Waals surface area contributed by atoms with Crippen LogP contribution < -0.4 is 10.5 Å². The Labute approximate surface area is 126 Å². The quantitative estimate of drug-likeness (QED) is 0.875. The molecule has 1 aliphatic rings. The average Bonchev–Trinajstić information content (AvgIpc) is 2.78. The van der Waals surface area contributed by atoms with Gasteiger partial charge in [0.15, 0.2) is 0 Å². The highest BCUT2D eigenvalue weighted by Gasteiger charge is 2.45. The molecule has 2 atom stereocenters. The van der Waals surface area contributed by atoms with Crippen LogP contribution in [0.15, 0.2) is 12.1 Å². The molecular formula is C17H25NO3. The maximum Gasteiger partial charge on any atom is 0.323 e.